The zero-order chi connectivity index (χ0) is 26.6. The number of ether oxygens (including phenoxy) is 3. The number of anilines is 1. The second-order valence-electron chi connectivity index (χ2n) is 9.36. The van der Waals surface area contributed by atoms with Crippen LogP contribution in [0.25, 0.3) is 6.08 Å². The van der Waals surface area contributed by atoms with E-state index in [9.17, 15) is 4.79 Å². The van der Waals surface area contributed by atoms with Gasteiger partial charge in [-0.1, -0.05) is 86.7 Å². The number of rotatable bonds is 8. The minimum Gasteiger partial charge on any atom is -0.493 e. The lowest BCUT2D eigenvalue weighted by Crippen LogP contribution is -2.27. The van der Waals surface area contributed by atoms with Crippen LogP contribution >= 0.6 is 35.6 Å². The minimum absolute atomic E-state index is 0.0912. The summed E-state index contributed by atoms with van der Waals surface area (Å²) in [6, 6.07) is 20.9. The van der Waals surface area contributed by atoms with Crippen molar-refractivity contribution in [2.24, 2.45) is 0 Å². The summed E-state index contributed by atoms with van der Waals surface area (Å²) < 4.78 is 17.7. The lowest BCUT2D eigenvalue weighted by molar-refractivity contribution is -0.113. The van der Waals surface area contributed by atoms with Crippen LogP contribution in [0.3, 0.4) is 0 Å². The summed E-state index contributed by atoms with van der Waals surface area (Å²) in [5, 5.41) is 0.374. The van der Waals surface area contributed by atoms with E-state index in [1.54, 1.807) is 25.3 Å². The monoisotopic (exact) mass is 553 g/mol. The number of carbonyl (C=O) groups excluding carboxylic acids is 1. The fourth-order valence-electron chi connectivity index (χ4n) is 3.74. The Bertz CT molecular complexity index is 1320. The first kappa shape index (κ1) is 27.0. The van der Waals surface area contributed by atoms with Gasteiger partial charge in [-0.15, -0.1) is 0 Å². The molecule has 1 saturated heterocycles. The number of halogens is 1. The van der Waals surface area contributed by atoms with E-state index in [4.69, 9.17) is 38.0 Å². The van der Waals surface area contributed by atoms with Gasteiger partial charge < -0.3 is 14.2 Å². The van der Waals surface area contributed by atoms with Gasteiger partial charge in [-0.05, 0) is 59.0 Å². The quantitative estimate of drug-likeness (QED) is 0.163. The number of carbonyl (C=O) groups is 1. The normalized spacial score (nSPS) is 14.8. The van der Waals surface area contributed by atoms with Crippen molar-refractivity contribution in [2.75, 3.05) is 25.2 Å². The molecule has 0 aromatic heterocycles. The van der Waals surface area contributed by atoms with Crippen molar-refractivity contribution in [3.63, 3.8) is 0 Å². The average Bonchev–Trinajstić information content (AvgIpc) is 3.15. The van der Waals surface area contributed by atoms with Crippen LogP contribution in [0.5, 0.6) is 17.2 Å². The van der Waals surface area contributed by atoms with Crippen molar-refractivity contribution in [2.45, 2.75) is 26.2 Å². The highest BCUT2D eigenvalue weighted by atomic mass is 35.5. The predicted molar refractivity (Wildman–Crippen MR) is 156 cm³/mol. The van der Waals surface area contributed by atoms with Crippen LogP contribution in [-0.2, 0) is 10.2 Å². The Morgan fingerprint density at radius 2 is 1.68 bits per heavy atom. The van der Waals surface area contributed by atoms with Gasteiger partial charge in [-0.3, -0.25) is 9.69 Å². The molecule has 1 aliphatic rings. The molecule has 192 valence electrons. The zero-order valence-corrected chi connectivity index (χ0v) is 23.5. The molecule has 0 atom stereocenters. The highest BCUT2D eigenvalue weighted by Crippen LogP contribution is 2.40. The van der Waals surface area contributed by atoms with E-state index in [1.165, 1.54) is 22.2 Å². The molecule has 0 unspecified atom stereocenters. The Balaban J connectivity index is 1.42. The molecule has 0 bridgehead atoms. The number of nitrogens with zero attached hydrogens (tertiary/aromatic N) is 1. The van der Waals surface area contributed by atoms with Gasteiger partial charge in [0, 0.05) is 0 Å². The molecule has 1 fully saturated rings. The molecule has 0 saturated carbocycles. The Morgan fingerprint density at radius 1 is 1.00 bits per heavy atom. The third kappa shape index (κ3) is 6.47. The maximum Gasteiger partial charge on any atom is 0.270 e. The number of amides is 1. The van der Waals surface area contributed by atoms with E-state index < -0.39 is 0 Å². The summed E-state index contributed by atoms with van der Waals surface area (Å²) in [4.78, 5) is 15.1. The lowest BCUT2D eigenvalue weighted by Gasteiger charge is -2.19. The van der Waals surface area contributed by atoms with Crippen molar-refractivity contribution >= 4 is 57.6 Å². The van der Waals surface area contributed by atoms with Crippen molar-refractivity contribution in [3.8, 4) is 17.2 Å². The molecule has 37 heavy (non-hydrogen) atoms. The van der Waals surface area contributed by atoms with Gasteiger partial charge in [0.05, 0.1) is 22.7 Å². The summed E-state index contributed by atoms with van der Waals surface area (Å²) in [6.45, 7) is 7.15. The molecule has 1 aliphatic heterocycles. The third-order valence-electron chi connectivity index (χ3n) is 5.68. The van der Waals surface area contributed by atoms with E-state index >= 15 is 0 Å². The van der Waals surface area contributed by atoms with Crippen LogP contribution in [0, 0.1) is 0 Å². The summed E-state index contributed by atoms with van der Waals surface area (Å²) in [6.07, 6.45) is 1.75. The van der Waals surface area contributed by atoms with Gasteiger partial charge >= 0.3 is 0 Å². The Kier molecular flexibility index (Phi) is 8.47. The van der Waals surface area contributed by atoms with Crippen molar-refractivity contribution < 1.29 is 19.0 Å². The molecule has 4 rings (SSSR count). The number of hydrogen-bond acceptors (Lipinski definition) is 6. The van der Waals surface area contributed by atoms with Gasteiger partial charge in [0.2, 0.25) is 0 Å². The van der Waals surface area contributed by atoms with Crippen LogP contribution in [-0.4, -0.2) is 30.6 Å². The molecule has 0 N–H and O–H groups in total. The largest absolute Gasteiger partial charge is 0.493 e. The van der Waals surface area contributed by atoms with E-state index in [1.807, 2.05) is 42.5 Å². The van der Waals surface area contributed by atoms with Gasteiger partial charge in [-0.25, -0.2) is 0 Å². The van der Waals surface area contributed by atoms with Gasteiger partial charge in [-0.2, -0.15) is 0 Å². The lowest BCUT2D eigenvalue weighted by atomic mass is 9.87. The molecular formula is C29H28ClNO4S2. The second kappa shape index (κ2) is 11.6. The number of thioether (sulfide) groups is 1. The number of methoxy groups -OCH3 is 1. The van der Waals surface area contributed by atoms with Crippen LogP contribution in [0.15, 0.2) is 71.6 Å². The van der Waals surface area contributed by atoms with Gasteiger partial charge in [0.25, 0.3) is 5.91 Å². The number of para-hydroxylation sites is 1. The van der Waals surface area contributed by atoms with Crippen molar-refractivity contribution in [3.05, 3.63) is 87.8 Å². The zero-order valence-electron chi connectivity index (χ0n) is 21.1. The van der Waals surface area contributed by atoms with Gasteiger partial charge in [0.15, 0.2) is 15.8 Å². The maximum absolute atomic E-state index is 13.0. The predicted octanol–water partition coefficient (Wildman–Crippen LogP) is 7.51. The highest BCUT2D eigenvalue weighted by Gasteiger charge is 2.33. The van der Waals surface area contributed by atoms with Crippen LogP contribution in [0.2, 0.25) is 5.02 Å². The van der Waals surface area contributed by atoms with Crippen LogP contribution in [0.4, 0.5) is 5.69 Å². The SMILES string of the molecule is COc1cc(C=C2SC(=S)N(c3ccccc3)C2=O)cc(Cl)c1OCCOc1ccc(C(C)(C)C)cc1. The standard InChI is InChI=1S/C29H28ClNO4S2/c1-29(2,3)20-10-12-22(13-11-20)34-14-15-35-26-23(30)16-19(17-24(26)33-4)18-25-27(32)31(28(36)37-25)21-8-6-5-7-9-21/h5-13,16-18H,14-15H2,1-4H3. The Hall–Kier alpha value is -3.00. The smallest absolute Gasteiger partial charge is 0.270 e. The third-order valence-corrected chi connectivity index (χ3v) is 7.26. The number of hydrogen-bond donors (Lipinski definition) is 0. The minimum atomic E-state index is -0.177. The van der Waals surface area contributed by atoms with Crippen molar-refractivity contribution in [1.82, 2.24) is 0 Å². The molecule has 3 aromatic rings. The van der Waals surface area contributed by atoms with E-state index in [-0.39, 0.29) is 17.9 Å². The molecule has 0 radical (unpaired) electrons. The Labute approximate surface area is 232 Å². The first-order chi connectivity index (χ1) is 17.7. The topological polar surface area (TPSA) is 48.0 Å². The fourth-order valence-corrected chi connectivity index (χ4v) is 5.31. The molecular weight excluding hydrogens is 526 g/mol. The summed E-state index contributed by atoms with van der Waals surface area (Å²) in [7, 11) is 1.55. The summed E-state index contributed by atoms with van der Waals surface area (Å²) in [5.74, 6) is 1.48. The average molecular weight is 554 g/mol. The molecule has 1 heterocycles. The first-order valence-electron chi connectivity index (χ1n) is 11.7. The second-order valence-corrected chi connectivity index (χ2v) is 11.4. The highest BCUT2D eigenvalue weighted by molar-refractivity contribution is 8.27. The van der Waals surface area contributed by atoms with E-state index in [0.717, 1.165) is 11.4 Å². The van der Waals surface area contributed by atoms with E-state index in [2.05, 4.69) is 32.9 Å². The number of thiocarbonyl (C=S) groups is 1. The molecule has 3 aromatic carbocycles. The fraction of sp³-hybridized carbons (Fsp3) is 0.241. The first-order valence-corrected chi connectivity index (χ1v) is 13.3. The molecule has 8 heteroatoms. The number of benzene rings is 3. The van der Waals surface area contributed by atoms with E-state index in [0.29, 0.717) is 37.9 Å². The molecule has 1 amide bonds. The van der Waals surface area contributed by atoms with Crippen molar-refractivity contribution in [1.29, 1.82) is 0 Å². The van der Waals surface area contributed by atoms with Crippen LogP contribution < -0.4 is 19.1 Å². The molecule has 5 nitrogen and oxygen atoms in total. The van der Waals surface area contributed by atoms with Crippen LogP contribution in [0.1, 0.15) is 31.9 Å². The maximum atomic E-state index is 13.0. The Morgan fingerprint density at radius 3 is 2.32 bits per heavy atom. The molecule has 0 spiro atoms. The summed E-state index contributed by atoms with van der Waals surface area (Å²) >= 11 is 13.2. The summed E-state index contributed by atoms with van der Waals surface area (Å²) in [5.41, 5.74) is 2.78. The van der Waals surface area contributed by atoms with Gasteiger partial charge in [0.1, 0.15) is 19.0 Å². The molecule has 0 aliphatic carbocycles.